The molecule has 3 heterocycles. The van der Waals surface area contributed by atoms with Gasteiger partial charge in [-0.2, -0.15) is 0 Å². The lowest BCUT2D eigenvalue weighted by Crippen LogP contribution is -2.53. The SMILES string of the molecule is O=C1NC(=O)N(Cc2ccco2)C(=O)/C1=C\c1cn(Cc2ccccc2F)c2ccccc12. The maximum atomic E-state index is 14.2. The number of imide groups is 2. The lowest BCUT2D eigenvalue weighted by molar-refractivity contribution is -0.130. The van der Waals surface area contributed by atoms with Gasteiger partial charge in [0.05, 0.1) is 19.4 Å². The topological polar surface area (TPSA) is 84.6 Å². The number of benzene rings is 2. The molecule has 0 aliphatic carbocycles. The van der Waals surface area contributed by atoms with Gasteiger partial charge in [0.15, 0.2) is 0 Å². The zero-order valence-corrected chi connectivity index (χ0v) is 17.3. The third kappa shape index (κ3) is 3.82. The molecule has 1 N–H and O–H groups in total. The number of fused-ring (bicyclic) bond motifs is 1. The minimum absolute atomic E-state index is 0.0999. The minimum Gasteiger partial charge on any atom is -0.467 e. The van der Waals surface area contributed by atoms with Crippen LogP contribution in [0.4, 0.5) is 9.18 Å². The number of amides is 4. The third-order valence-corrected chi connectivity index (χ3v) is 5.50. The molecule has 1 aliphatic rings. The van der Waals surface area contributed by atoms with Gasteiger partial charge < -0.3 is 8.98 Å². The van der Waals surface area contributed by atoms with Crippen LogP contribution in [-0.4, -0.2) is 27.3 Å². The molecule has 0 radical (unpaired) electrons. The van der Waals surface area contributed by atoms with Crippen LogP contribution in [0.1, 0.15) is 16.9 Å². The average molecular weight is 443 g/mol. The molecule has 0 unspecified atom stereocenters. The monoisotopic (exact) mass is 443 g/mol. The summed E-state index contributed by atoms with van der Waals surface area (Å²) in [5, 5.41) is 2.99. The van der Waals surface area contributed by atoms with Crippen molar-refractivity contribution >= 4 is 34.8 Å². The Morgan fingerprint density at radius 3 is 2.52 bits per heavy atom. The Kier molecular flexibility index (Phi) is 5.10. The molecule has 2 aromatic heterocycles. The zero-order chi connectivity index (χ0) is 22.9. The van der Waals surface area contributed by atoms with Gasteiger partial charge in [0.2, 0.25) is 0 Å². The summed E-state index contributed by atoms with van der Waals surface area (Å²) in [7, 11) is 0. The van der Waals surface area contributed by atoms with E-state index in [1.54, 1.807) is 36.5 Å². The van der Waals surface area contributed by atoms with Crippen LogP contribution in [0.2, 0.25) is 0 Å². The van der Waals surface area contributed by atoms with Crippen molar-refractivity contribution in [1.29, 1.82) is 0 Å². The number of barbiturate groups is 1. The average Bonchev–Trinajstić information content (AvgIpc) is 3.44. The van der Waals surface area contributed by atoms with Crippen LogP contribution in [-0.2, 0) is 22.7 Å². The fraction of sp³-hybridized carbons (Fsp3) is 0.0800. The van der Waals surface area contributed by atoms with Crippen molar-refractivity contribution in [2.45, 2.75) is 13.1 Å². The molecular weight excluding hydrogens is 425 g/mol. The van der Waals surface area contributed by atoms with Crippen LogP contribution in [0.5, 0.6) is 0 Å². The van der Waals surface area contributed by atoms with E-state index in [9.17, 15) is 18.8 Å². The molecule has 0 bridgehead atoms. The second-order valence-corrected chi connectivity index (χ2v) is 7.61. The van der Waals surface area contributed by atoms with Crippen molar-refractivity contribution in [1.82, 2.24) is 14.8 Å². The molecule has 164 valence electrons. The van der Waals surface area contributed by atoms with Gasteiger partial charge in [-0.3, -0.25) is 19.8 Å². The number of hydrogen-bond acceptors (Lipinski definition) is 4. The maximum Gasteiger partial charge on any atom is 0.331 e. The first-order chi connectivity index (χ1) is 16.0. The van der Waals surface area contributed by atoms with Gasteiger partial charge in [0, 0.05) is 28.2 Å². The highest BCUT2D eigenvalue weighted by Gasteiger charge is 2.36. The molecule has 4 aromatic rings. The molecule has 4 amide bonds. The van der Waals surface area contributed by atoms with Gasteiger partial charge >= 0.3 is 6.03 Å². The largest absolute Gasteiger partial charge is 0.467 e. The predicted octanol–water partition coefficient (Wildman–Crippen LogP) is 4.08. The van der Waals surface area contributed by atoms with E-state index in [2.05, 4.69) is 5.32 Å². The smallest absolute Gasteiger partial charge is 0.331 e. The van der Waals surface area contributed by atoms with Gasteiger partial charge in [-0.15, -0.1) is 0 Å². The van der Waals surface area contributed by atoms with Gasteiger partial charge in [-0.1, -0.05) is 36.4 Å². The Morgan fingerprint density at radius 1 is 0.939 bits per heavy atom. The number of halogens is 1. The highest BCUT2D eigenvalue weighted by atomic mass is 19.1. The number of para-hydroxylation sites is 1. The number of carbonyl (C=O) groups is 3. The van der Waals surface area contributed by atoms with Crippen molar-refractivity contribution in [2.24, 2.45) is 0 Å². The van der Waals surface area contributed by atoms with Gasteiger partial charge in [-0.05, 0) is 30.3 Å². The summed E-state index contributed by atoms with van der Waals surface area (Å²) in [5.74, 6) is -1.39. The Bertz CT molecular complexity index is 1420. The van der Waals surface area contributed by atoms with Gasteiger partial charge in [-0.25, -0.2) is 9.18 Å². The van der Waals surface area contributed by atoms with Crippen LogP contribution in [0, 0.1) is 5.82 Å². The van der Waals surface area contributed by atoms with Crippen molar-refractivity contribution in [3.05, 3.63) is 101 Å². The van der Waals surface area contributed by atoms with E-state index < -0.39 is 17.8 Å². The molecule has 7 nitrogen and oxygen atoms in total. The Hall–Kier alpha value is -4.46. The Morgan fingerprint density at radius 2 is 1.73 bits per heavy atom. The summed E-state index contributed by atoms with van der Waals surface area (Å²) in [6.45, 7) is 0.178. The second kappa shape index (κ2) is 8.23. The Balaban J connectivity index is 1.54. The number of hydrogen-bond donors (Lipinski definition) is 1. The van der Waals surface area contributed by atoms with Gasteiger partial charge in [0.25, 0.3) is 11.8 Å². The highest BCUT2D eigenvalue weighted by molar-refractivity contribution is 6.31. The molecular formula is C25H18FN3O4. The van der Waals surface area contributed by atoms with Crippen molar-refractivity contribution in [3.8, 4) is 0 Å². The van der Waals surface area contributed by atoms with E-state index in [0.717, 1.165) is 15.8 Å². The number of nitrogens with one attached hydrogen (secondary N) is 1. The number of furan rings is 1. The second-order valence-electron chi connectivity index (χ2n) is 7.61. The number of nitrogens with zero attached hydrogens (tertiary/aromatic N) is 2. The van der Waals surface area contributed by atoms with Crippen molar-refractivity contribution < 1.29 is 23.2 Å². The molecule has 2 aromatic carbocycles. The summed E-state index contributed by atoms with van der Waals surface area (Å²) in [5.41, 5.74) is 1.77. The maximum absolute atomic E-state index is 14.2. The van der Waals surface area contributed by atoms with Crippen LogP contribution < -0.4 is 5.32 Å². The predicted molar refractivity (Wildman–Crippen MR) is 118 cm³/mol. The summed E-state index contributed by atoms with van der Waals surface area (Å²) in [6.07, 6.45) is 4.66. The van der Waals surface area contributed by atoms with Crippen molar-refractivity contribution in [3.63, 3.8) is 0 Å². The molecule has 5 rings (SSSR count). The van der Waals surface area contributed by atoms with E-state index in [-0.39, 0.29) is 24.5 Å². The highest BCUT2D eigenvalue weighted by Crippen LogP contribution is 2.26. The zero-order valence-electron chi connectivity index (χ0n) is 17.3. The lowest BCUT2D eigenvalue weighted by Gasteiger charge is -2.25. The quantitative estimate of drug-likeness (QED) is 0.372. The summed E-state index contributed by atoms with van der Waals surface area (Å²) < 4.78 is 21.3. The van der Waals surface area contributed by atoms with Crippen LogP contribution in [0.25, 0.3) is 17.0 Å². The number of carbonyl (C=O) groups excluding carboxylic acids is 3. The van der Waals surface area contributed by atoms with Gasteiger partial charge in [0.1, 0.15) is 17.2 Å². The standard InChI is InChI=1S/C25H18FN3O4/c26-21-9-3-1-6-16(21)13-28-14-17(19-8-2-4-10-22(19)28)12-20-23(30)27-25(32)29(24(20)31)15-18-7-5-11-33-18/h1-12,14H,13,15H2,(H,27,30,32)/b20-12-. The van der Waals surface area contributed by atoms with Crippen LogP contribution in [0.3, 0.4) is 0 Å². The Labute approximate surface area is 187 Å². The normalized spacial score (nSPS) is 15.5. The first-order valence-electron chi connectivity index (χ1n) is 10.2. The summed E-state index contributed by atoms with van der Waals surface area (Å²) >= 11 is 0. The number of aromatic nitrogens is 1. The van der Waals surface area contributed by atoms with Crippen molar-refractivity contribution in [2.75, 3.05) is 0 Å². The van der Waals surface area contributed by atoms with E-state index >= 15 is 0 Å². The molecule has 0 spiro atoms. The molecule has 33 heavy (non-hydrogen) atoms. The number of urea groups is 1. The van der Waals surface area contributed by atoms with E-state index in [1.165, 1.54) is 18.4 Å². The fourth-order valence-corrected chi connectivity index (χ4v) is 3.88. The lowest BCUT2D eigenvalue weighted by atomic mass is 10.1. The molecule has 1 saturated heterocycles. The van der Waals surface area contributed by atoms with Crippen LogP contribution in [0.15, 0.2) is 83.1 Å². The van der Waals surface area contributed by atoms with Crippen LogP contribution >= 0.6 is 0 Å². The first-order valence-corrected chi connectivity index (χ1v) is 10.2. The van der Waals surface area contributed by atoms with E-state index in [4.69, 9.17) is 4.42 Å². The van der Waals surface area contributed by atoms with E-state index in [1.807, 2.05) is 28.8 Å². The fourth-order valence-electron chi connectivity index (χ4n) is 3.88. The molecule has 1 aliphatic heterocycles. The number of rotatable bonds is 5. The summed E-state index contributed by atoms with van der Waals surface area (Å²) in [4.78, 5) is 38.7. The molecule has 1 fully saturated rings. The minimum atomic E-state index is -0.805. The first kappa shape index (κ1) is 20.4. The third-order valence-electron chi connectivity index (χ3n) is 5.50. The molecule has 8 heteroatoms. The van der Waals surface area contributed by atoms with E-state index in [0.29, 0.717) is 16.9 Å². The molecule has 0 saturated carbocycles. The molecule has 0 atom stereocenters. The summed E-state index contributed by atoms with van der Waals surface area (Å²) in [6, 6.07) is 16.4.